The Kier molecular flexibility index (Phi) is 4.47. The molecule has 0 saturated heterocycles. The van der Waals surface area contributed by atoms with Gasteiger partial charge in [0.05, 0.1) is 12.1 Å². The number of aliphatic carboxylic acids is 1. The van der Waals surface area contributed by atoms with E-state index in [1.54, 1.807) is 23.5 Å². The second kappa shape index (κ2) is 5.42. The van der Waals surface area contributed by atoms with E-state index in [0.717, 1.165) is 11.3 Å². The van der Waals surface area contributed by atoms with Gasteiger partial charge in [-0.3, -0.25) is 9.48 Å². The van der Waals surface area contributed by atoms with Crippen LogP contribution in [0.25, 0.3) is 0 Å². The number of rotatable bonds is 5. The van der Waals surface area contributed by atoms with Gasteiger partial charge >= 0.3 is 5.97 Å². The van der Waals surface area contributed by atoms with Gasteiger partial charge in [-0.25, -0.2) is 0 Å². The highest BCUT2D eigenvalue weighted by molar-refractivity contribution is 7.98. The Bertz CT molecular complexity index is 365. The van der Waals surface area contributed by atoms with Crippen molar-refractivity contribution in [2.75, 3.05) is 5.75 Å². The minimum Gasteiger partial charge on any atom is -0.481 e. The molecule has 84 valence electrons. The smallest absolute Gasteiger partial charge is 0.304 e. The maximum Gasteiger partial charge on any atom is 0.304 e. The number of hydrogen-bond acceptors (Lipinski definition) is 3. The fourth-order valence-electron chi connectivity index (χ4n) is 1.17. The highest BCUT2D eigenvalue weighted by Crippen LogP contribution is 2.23. The first-order valence-corrected chi connectivity index (χ1v) is 6.03. The lowest BCUT2D eigenvalue weighted by molar-refractivity contribution is -0.136. The maximum atomic E-state index is 10.3. The molecule has 0 saturated carbocycles. The SMILES string of the molecule is Cc1nn(C)c(Cl)c1CSCCC(=O)O. The van der Waals surface area contributed by atoms with Crippen LogP contribution < -0.4 is 0 Å². The van der Waals surface area contributed by atoms with Gasteiger partial charge in [-0.05, 0) is 6.92 Å². The summed E-state index contributed by atoms with van der Waals surface area (Å²) >= 11 is 7.58. The van der Waals surface area contributed by atoms with Crippen molar-refractivity contribution in [1.82, 2.24) is 9.78 Å². The van der Waals surface area contributed by atoms with E-state index < -0.39 is 5.97 Å². The Morgan fingerprint density at radius 2 is 2.33 bits per heavy atom. The predicted molar refractivity (Wildman–Crippen MR) is 61.4 cm³/mol. The summed E-state index contributed by atoms with van der Waals surface area (Å²) < 4.78 is 1.63. The summed E-state index contributed by atoms with van der Waals surface area (Å²) in [4.78, 5) is 10.3. The molecular weight excluding hydrogens is 236 g/mol. The number of nitrogens with zero attached hydrogens (tertiary/aromatic N) is 2. The summed E-state index contributed by atoms with van der Waals surface area (Å²) in [6.45, 7) is 1.90. The van der Waals surface area contributed by atoms with E-state index >= 15 is 0 Å². The second-order valence-corrected chi connectivity index (χ2v) is 4.64. The molecule has 0 bridgehead atoms. The molecule has 0 radical (unpaired) electrons. The number of halogens is 1. The van der Waals surface area contributed by atoms with E-state index in [0.29, 0.717) is 16.7 Å². The van der Waals surface area contributed by atoms with Gasteiger partial charge in [0.2, 0.25) is 0 Å². The van der Waals surface area contributed by atoms with Crippen LogP contribution in [0, 0.1) is 6.92 Å². The number of carboxylic acids is 1. The number of thioether (sulfide) groups is 1. The molecule has 0 aliphatic carbocycles. The molecule has 1 aromatic rings. The Morgan fingerprint density at radius 3 is 2.80 bits per heavy atom. The molecule has 6 heteroatoms. The lowest BCUT2D eigenvalue weighted by atomic mass is 10.3. The lowest BCUT2D eigenvalue weighted by Crippen LogP contribution is -1.96. The summed E-state index contributed by atoms with van der Waals surface area (Å²) in [7, 11) is 1.79. The average Bonchev–Trinajstić information content (AvgIpc) is 2.37. The predicted octanol–water partition coefficient (Wildman–Crippen LogP) is 2.09. The summed E-state index contributed by atoms with van der Waals surface area (Å²) in [6, 6.07) is 0. The van der Waals surface area contributed by atoms with Crippen molar-refractivity contribution in [2.24, 2.45) is 7.05 Å². The Balaban J connectivity index is 2.47. The molecule has 0 aromatic carbocycles. The number of carboxylic acid groups (broad SMARTS) is 1. The van der Waals surface area contributed by atoms with Crippen molar-refractivity contribution in [3.63, 3.8) is 0 Å². The molecule has 0 spiro atoms. The fraction of sp³-hybridized carbons (Fsp3) is 0.556. The first-order chi connectivity index (χ1) is 7.02. The molecular formula is C9H13ClN2O2S. The number of aromatic nitrogens is 2. The van der Waals surface area contributed by atoms with E-state index in [1.807, 2.05) is 6.92 Å². The fourth-order valence-corrected chi connectivity index (χ4v) is 2.51. The van der Waals surface area contributed by atoms with Crippen molar-refractivity contribution < 1.29 is 9.90 Å². The van der Waals surface area contributed by atoms with Gasteiger partial charge in [0.25, 0.3) is 0 Å². The van der Waals surface area contributed by atoms with Gasteiger partial charge in [0.15, 0.2) is 0 Å². The van der Waals surface area contributed by atoms with Crippen LogP contribution in [0.15, 0.2) is 0 Å². The minimum absolute atomic E-state index is 0.182. The van der Waals surface area contributed by atoms with Gasteiger partial charge in [-0.2, -0.15) is 16.9 Å². The molecule has 1 N–H and O–H groups in total. The largest absolute Gasteiger partial charge is 0.481 e. The Hall–Kier alpha value is -0.680. The summed E-state index contributed by atoms with van der Waals surface area (Å²) in [6.07, 6.45) is 0.182. The number of carbonyl (C=O) groups is 1. The van der Waals surface area contributed by atoms with E-state index in [4.69, 9.17) is 16.7 Å². The van der Waals surface area contributed by atoms with Crippen LogP contribution in [0.3, 0.4) is 0 Å². The number of aryl methyl sites for hydroxylation is 2. The molecule has 4 nitrogen and oxygen atoms in total. The van der Waals surface area contributed by atoms with Crippen molar-refractivity contribution in [2.45, 2.75) is 19.1 Å². The van der Waals surface area contributed by atoms with E-state index in [2.05, 4.69) is 5.10 Å². The molecule has 1 rings (SSSR count). The van der Waals surface area contributed by atoms with Crippen LogP contribution in [0.1, 0.15) is 17.7 Å². The van der Waals surface area contributed by atoms with Crippen LogP contribution in [-0.4, -0.2) is 26.6 Å². The Labute approximate surface area is 97.6 Å². The molecule has 0 aliphatic heterocycles. The summed E-state index contributed by atoms with van der Waals surface area (Å²) in [5.41, 5.74) is 1.90. The van der Waals surface area contributed by atoms with Gasteiger partial charge in [0, 0.05) is 24.1 Å². The molecule has 0 amide bonds. The third kappa shape index (κ3) is 3.43. The molecule has 0 fully saturated rings. The van der Waals surface area contributed by atoms with Gasteiger partial charge < -0.3 is 5.11 Å². The molecule has 1 heterocycles. The molecule has 15 heavy (non-hydrogen) atoms. The lowest BCUT2D eigenvalue weighted by Gasteiger charge is -1.99. The molecule has 1 aromatic heterocycles. The monoisotopic (exact) mass is 248 g/mol. The highest BCUT2D eigenvalue weighted by Gasteiger charge is 2.10. The van der Waals surface area contributed by atoms with E-state index in [1.165, 1.54) is 0 Å². The minimum atomic E-state index is -0.767. The zero-order valence-corrected chi connectivity index (χ0v) is 10.2. The highest BCUT2D eigenvalue weighted by atomic mass is 35.5. The van der Waals surface area contributed by atoms with Gasteiger partial charge in [-0.1, -0.05) is 11.6 Å². The number of hydrogen-bond donors (Lipinski definition) is 1. The van der Waals surface area contributed by atoms with Crippen LogP contribution in [0.4, 0.5) is 0 Å². The van der Waals surface area contributed by atoms with Crippen molar-refractivity contribution >= 4 is 29.3 Å². The van der Waals surface area contributed by atoms with Crippen molar-refractivity contribution in [3.8, 4) is 0 Å². The topological polar surface area (TPSA) is 55.1 Å². The van der Waals surface area contributed by atoms with Crippen LogP contribution in [0.5, 0.6) is 0 Å². The van der Waals surface area contributed by atoms with Crippen LogP contribution in [0.2, 0.25) is 5.15 Å². The maximum absolute atomic E-state index is 10.3. The van der Waals surface area contributed by atoms with Gasteiger partial charge in [0.1, 0.15) is 5.15 Å². The third-order valence-electron chi connectivity index (χ3n) is 1.98. The average molecular weight is 249 g/mol. The first kappa shape index (κ1) is 12.4. The zero-order valence-electron chi connectivity index (χ0n) is 8.66. The second-order valence-electron chi connectivity index (χ2n) is 3.17. The zero-order chi connectivity index (χ0) is 11.4. The third-order valence-corrected chi connectivity index (χ3v) is 3.43. The summed E-state index contributed by atoms with van der Waals surface area (Å²) in [5, 5.41) is 13.3. The van der Waals surface area contributed by atoms with Gasteiger partial charge in [-0.15, -0.1) is 0 Å². The van der Waals surface area contributed by atoms with E-state index in [9.17, 15) is 4.79 Å². The standard InChI is InChI=1S/C9H13ClN2O2S/c1-6-7(9(10)12(2)11-6)5-15-4-3-8(13)14/h3-5H2,1-2H3,(H,13,14). The van der Waals surface area contributed by atoms with Crippen LogP contribution in [-0.2, 0) is 17.6 Å². The Morgan fingerprint density at radius 1 is 1.67 bits per heavy atom. The first-order valence-electron chi connectivity index (χ1n) is 4.50. The summed E-state index contributed by atoms with van der Waals surface area (Å²) in [5.74, 6) is 0.544. The normalized spacial score (nSPS) is 10.6. The van der Waals surface area contributed by atoms with Crippen LogP contribution >= 0.6 is 23.4 Å². The van der Waals surface area contributed by atoms with Crippen molar-refractivity contribution in [1.29, 1.82) is 0 Å². The van der Waals surface area contributed by atoms with E-state index in [-0.39, 0.29) is 6.42 Å². The van der Waals surface area contributed by atoms with Crippen molar-refractivity contribution in [3.05, 3.63) is 16.4 Å². The quantitative estimate of drug-likeness (QED) is 0.811. The molecule has 0 atom stereocenters. The molecule has 0 aliphatic rings. The molecule has 0 unspecified atom stereocenters.